The lowest BCUT2D eigenvalue weighted by Gasteiger charge is -2.36. The van der Waals surface area contributed by atoms with E-state index >= 15 is 0 Å². The Bertz CT molecular complexity index is 511. The molecule has 0 radical (unpaired) electrons. The van der Waals surface area contributed by atoms with E-state index in [0.717, 1.165) is 51.1 Å². The van der Waals surface area contributed by atoms with Gasteiger partial charge in [-0.05, 0) is 38.0 Å². The number of carbonyl (C=O) groups is 1. The third-order valence-electron chi connectivity index (χ3n) is 5.48. The van der Waals surface area contributed by atoms with Crippen LogP contribution < -0.4 is 0 Å². The van der Waals surface area contributed by atoms with Crippen LogP contribution in [0.4, 0.5) is 0 Å². The molecular weight excluding hydrogens is 304 g/mol. The number of aromatic nitrogens is 3. The first-order valence-electron chi connectivity index (χ1n) is 9.45. The summed E-state index contributed by atoms with van der Waals surface area (Å²) >= 11 is 0. The average Bonchev–Trinajstić information content (AvgIpc) is 3.14. The highest BCUT2D eigenvalue weighted by Gasteiger charge is 2.31. The molecule has 0 unspecified atom stereocenters. The van der Waals surface area contributed by atoms with Crippen molar-refractivity contribution >= 4 is 5.91 Å². The second kappa shape index (κ2) is 8.10. The molecule has 1 aliphatic heterocycles. The van der Waals surface area contributed by atoms with Crippen LogP contribution in [0.15, 0.2) is 12.7 Å². The van der Waals surface area contributed by atoms with Crippen molar-refractivity contribution in [2.24, 2.45) is 5.92 Å². The largest absolute Gasteiger partial charge is 0.365 e. The molecule has 1 amide bonds. The summed E-state index contributed by atoms with van der Waals surface area (Å²) in [5.74, 6) is 0.891. The Morgan fingerprint density at radius 3 is 2.71 bits per heavy atom. The van der Waals surface area contributed by atoms with Crippen LogP contribution in [0.1, 0.15) is 64.8 Å². The van der Waals surface area contributed by atoms with Gasteiger partial charge in [-0.25, -0.2) is 9.67 Å². The van der Waals surface area contributed by atoms with Crippen LogP contribution in [0.2, 0.25) is 0 Å². The first-order chi connectivity index (χ1) is 11.7. The molecule has 1 saturated carbocycles. The van der Waals surface area contributed by atoms with Gasteiger partial charge in [-0.1, -0.05) is 26.7 Å². The molecule has 1 aromatic heterocycles. The lowest BCUT2D eigenvalue weighted by Crippen LogP contribution is -2.46. The van der Waals surface area contributed by atoms with Crippen molar-refractivity contribution in [1.82, 2.24) is 19.7 Å². The molecule has 2 fully saturated rings. The average molecular weight is 334 g/mol. The summed E-state index contributed by atoms with van der Waals surface area (Å²) in [6, 6.07) is 0.358. The molecular formula is C18H30N4O2. The van der Waals surface area contributed by atoms with Crippen LogP contribution in [-0.4, -0.2) is 50.9 Å². The van der Waals surface area contributed by atoms with Gasteiger partial charge in [0.05, 0.1) is 12.1 Å². The summed E-state index contributed by atoms with van der Waals surface area (Å²) in [7, 11) is 0. The van der Waals surface area contributed by atoms with Crippen LogP contribution >= 0.6 is 0 Å². The van der Waals surface area contributed by atoms with Gasteiger partial charge in [0.2, 0.25) is 0 Å². The quantitative estimate of drug-likeness (QED) is 0.831. The van der Waals surface area contributed by atoms with Gasteiger partial charge in [0.15, 0.2) is 0 Å². The molecule has 1 saturated heterocycles. The van der Waals surface area contributed by atoms with E-state index in [1.54, 1.807) is 12.7 Å². The van der Waals surface area contributed by atoms with Crippen molar-refractivity contribution in [1.29, 1.82) is 0 Å². The zero-order chi connectivity index (χ0) is 16.9. The zero-order valence-electron chi connectivity index (χ0n) is 14.9. The maximum atomic E-state index is 12.8. The Labute approximate surface area is 144 Å². The topological polar surface area (TPSA) is 60.2 Å². The van der Waals surface area contributed by atoms with Gasteiger partial charge in [0.1, 0.15) is 18.8 Å². The fourth-order valence-electron chi connectivity index (χ4n) is 4.02. The molecule has 2 heterocycles. The number of nitrogens with zero attached hydrogens (tertiary/aromatic N) is 4. The number of carbonyl (C=O) groups excluding carboxylic acids is 1. The van der Waals surface area contributed by atoms with Gasteiger partial charge < -0.3 is 9.64 Å². The molecule has 0 spiro atoms. The number of ether oxygens (including phenoxy) is 1. The minimum atomic E-state index is -0.275. The minimum absolute atomic E-state index is 0.174. The fourth-order valence-corrected chi connectivity index (χ4v) is 4.02. The van der Waals surface area contributed by atoms with E-state index in [9.17, 15) is 4.79 Å². The second-order valence-electron chi connectivity index (χ2n) is 7.36. The van der Waals surface area contributed by atoms with Crippen molar-refractivity contribution < 1.29 is 9.53 Å². The summed E-state index contributed by atoms with van der Waals surface area (Å²) in [6.45, 7) is 5.90. The summed E-state index contributed by atoms with van der Waals surface area (Å²) < 4.78 is 8.12. The standard InChI is InChI=1S/C18H30N4O2/c1-3-17(24-16-6-4-5-14(2)11-16)18(23)21-9-7-15(8-10-21)22-13-19-12-20-22/h12-17H,3-11H2,1-2H3/t14-,16-,17-/m0/s1. The molecule has 3 rings (SSSR count). The third-order valence-corrected chi connectivity index (χ3v) is 5.48. The normalized spacial score (nSPS) is 27.2. The summed E-state index contributed by atoms with van der Waals surface area (Å²) in [5.41, 5.74) is 0. The van der Waals surface area contributed by atoms with Crippen LogP contribution in [0.3, 0.4) is 0 Å². The number of rotatable bonds is 5. The smallest absolute Gasteiger partial charge is 0.251 e. The van der Waals surface area contributed by atoms with Gasteiger partial charge in [-0.3, -0.25) is 4.79 Å². The highest BCUT2D eigenvalue weighted by molar-refractivity contribution is 5.81. The van der Waals surface area contributed by atoms with E-state index in [4.69, 9.17) is 4.74 Å². The lowest BCUT2D eigenvalue weighted by atomic mass is 9.88. The summed E-state index contributed by atoms with van der Waals surface area (Å²) in [5, 5.41) is 4.22. The van der Waals surface area contributed by atoms with Crippen LogP contribution in [0, 0.1) is 5.92 Å². The molecule has 0 N–H and O–H groups in total. The maximum Gasteiger partial charge on any atom is 0.251 e. The van der Waals surface area contributed by atoms with Gasteiger partial charge in [0.25, 0.3) is 5.91 Å². The molecule has 3 atom stereocenters. The third kappa shape index (κ3) is 4.15. The van der Waals surface area contributed by atoms with Crippen molar-refractivity contribution in [3.05, 3.63) is 12.7 Å². The van der Waals surface area contributed by atoms with Crippen molar-refractivity contribution in [3.8, 4) is 0 Å². The number of hydrogen-bond acceptors (Lipinski definition) is 4. The summed E-state index contributed by atoms with van der Waals surface area (Å²) in [4.78, 5) is 18.8. The minimum Gasteiger partial charge on any atom is -0.365 e. The predicted molar refractivity (Wildman–Crippen MR) is 91.5 cm³/mol. The highest BCUT2D eigenvalue weighted by Crippen LogP contribution is 2.28. The van der Waals surface area contributed by atoms with E-state index in [1.807, 2.05) is 9.58 Å². The Balaban J connectivity index is 1.51. The summed E-state index contributed by atoms with van der Waals surface area (Å²) in [6.07, 6.45) is 10.7. The number of hydrogen-bond donors (Lipinski definition) is 0. The first-order valence-corrected chi connectivity index (χ1v) is 9.45. The molecule has 1 aliphatic carbocycles. The number of amides is 1. The maximum absolute atomic E-state index is 12.8. The van der Waals surface area contributed by atoms with Crippen LogP contribution in [-0.2, 0) is 9.53 Å². The van der Waals surface area contributed by atoms with E-state index < -0.39 is 0 Å². The van der Waals surface area contributed by atoms with Gasteiger partial charge in [-0.15, -0.1) is 0 Å². The monoisotopic (exact) mass is 334 g/mol. The Morgan fingerprint density at radius 1 is 1.29 bits per heavy atom. The number of likely N-dealkylation sites (tertiary alicyclic amines) is 1. The molecule has 134 valence electrons. The second-order valence-corrected chi connectivity index (χ2v) is 7.36. The van der Waals surface area contributed by atoms with Crippen molar-refractivity contribution in [2.75, 3.05) is 13.1 Å². The molecule has 0 aromatic carbocycles. The molecule has 0 bridgehead atoms. The molecule has 24 heavy (non-hydrogen) atoms. The van der Waals surface area contributed by atoms with Gasteiger partial charge in [-0.2, -0.15) is 5.10 Å². The molecule has 2 aliphatic rings. The van der Waals surface area contributed by atoms with E-state index in [1.165, 1.54) is 12.8 Å². The fraction of sp³-hybridized carbons (Fsp3) is 0.833. The number of piperidine rings is 1. The Kier molecular flexibility index (Phi) is 5.87. The van der Waals surface area contributed by atoms with E-state index in [2.05, 4.69) is 23.9 Å². The van der Waals surface area contributed by atoms with Crippen molar-refractivity contribution in [2.45, 2.75) is 77.0 Å². The highest BCUT2D eigenvalue weighted by atomic mass is 16.5. The Hall–Kier alpha value is -1.43. The van der Waals surface area contributed by atoms with Crippen molar-refractivity contribution in [3.63, 3.8) is 0 Å². The van der Waals surface area contributed by atoms with E-state index in [-0.39, 0.29) is 18.1 Å². The molecule has 6 nitrogen and oxygen atoms in total. The molecule has 6 heteroatoms. The lowest BCUT2D eigenvalue weighted by molar-refractivity contribution is -0.151. The zero-order valence-corrected chi connectivity index (χ0v) is 14.9. The van der Waals surface area contributed by atoms with E-state index in [0.29, 0.717) is 6.04 Å². The predicted octanol–water partition coefficient (Wildman–Crippen LogP) is 2.82. The first kappa shape index (κ1) is 17.4. The van der Waals surface area contributed by atoms with Gasteiger partial charge >= 0.3 is 0 Å². The Morgan fingerprint density at radius 2 is 2.08 bits per heavy atom. The SMILES string of the molecule is CC[C@H](O[C@H]1CCC[C@H](C)C1)C(=O)N1CCC(n2cncn2)CC1. The van der Waals surface area contributed by atoms with Gasteiger partial charge in [0, 0.05) is 13.1 Å². The molecule has 1 aromatic rings. The van der Waals surface area contributed by atoms with Crippen LogP contribution in [0.25, 0.3) is 0 Å². The van der Waals surface area contributed by atoms with Crippen LogP contribution in [0.5, 0.6) is 0 Å².